The third-order valence-corrected chi connectivity index (χ3v) is 3.13. The molecule has 1 N–H and O–H groups in total. The van der Waals surface area contributed by atoms with Crippen LogP contribution < -0.4 is 5.32 Å². The molecule has 1 aliphatic heterocycles. The molecule has 1 aromatic rings. The Kier molecular flexibility index (Phi) is 1.72. The van der Waals surface area contributed by atoms with Gasteiger partial charge in [-0.2, -0.15) is 0 Å². The summed E-state index contributed by atoms with van der Waals surface area (Å²) in [7, 11) is 0. The van der Waals surface area contributed by atoms with Crippen LogP contribution in [0, 0.1) is 0 Å². The first-order valence-corrected chi connectivity index (χ1v) is 4.51. The van der Waals surface area contributed by atoms with Gasteiger partial charge in [0.15, 0.2) is 0 Å². The SMILES string of the molecule is CC1NCCC1(C)c1ccco1. The van der Waals surface area contributed by atoms with Crippen LogP contribution in [0.25, 0.3) is 0 Å². The molecule has 66 valence electrons. The van der Waals surface area contributed by atoms with Crippen molar-refractivity contribution in [2.24, 2.45) is 0 Å². The van der Waals surface area contributed by atoms with E-state index in [0.717, 1.165) is 12.3 Å². The van der Waals surface area contributed by atoms with E-state index in [1.54, 1.807) is 6.26 Å². The summed E-state index contributed by atoms with van der Waals surface area (Å²) >= 11 is 0. The molecule has 1 saturated heterocycles. The molecule has 2 rings (SSSR count). The highest BCUT2D eigenvalue weighted by molar-refractivity contribution is 5.18. The summed E-state index contributed by atoms with van der Waals surface area (Å²) in [6.07, 6.45) is 2.92. The van der Waals surface area contributed by atoms with Crippen LogP contribution in [0.5, 0.6) is 0 Å². The normalized spacial score (nSPS) is 35.7. The first-order valence-electron chi connectivity index (χ1n) is 4.51. The topological polar surface area (TPSA) is 25.2 Å². The van der Waals surface area contributed by atoms with Gasteiger partial charge >= 0.3 is 0 Å². The Morgan fingerprint density at radius 2 is 2.50 bits per heavy atom. The first-order chi connectivity index (χ1) is 5.73. The van der Waals surface area contributed by atoms with E-state index in [1.807, 2.05) is 6.07 Å². The van der Waals surface area contributed by atoms with Gasteiger partial charge in [-0.05, 0) is 32.0 Å². The zero-order chi connectivity index (χ0) is 8.60. The Balaban J connectivity index is 2.32. The van der Waals surface area contributed by atoms with Crippen LogP contribution in [0.2, 0.25) is 0 Å². The van der Waals surface area contributed by atoms with Crippen LogP contribution in [0.3, 0.4) is 0 Å². The molecule has 0 amide bonds. The summed E-state index contributed by atoms with van der Waals surface area (Å²) in [4.78, 5) is 0. The molecule has 0 aromatic carbocycles. The highest BCUT2D eigenvalue weighted by atomic mass is 16.3. The van der Waals surface area contributed by atoms with Gasteiger partial charge in [-0.25, -0.2) is 0 Å². The fourth-order valence-electron chi connectivity index (χ4n) is 1.93. The lowest BCUT2D eigenvalue weighted by atomic mass is 9.81. The van der Waals surface area contributed by atoms with Gasteiger partial charge in [-0.3, -0.25) is 0 Å². The lowest BCUT2D eigenvalue weighted by Crippen LogP contribution is -2.34. The summed E-state index contributed by atoms with van der Waals surface area (Å²) in [5.41, 5.74) is 0.198. The largest absolute Gasteiger partial charge is 0.469 e. The maximum absolute atomic E-state index is 5.45. The molecule has 2 heteroatoms. The molecular formula is C10H15NO. The van der Waals surface area contributed by atoms with Crippen LogP contribution in [0.1, 0.15) is 26.0 Å². The van der Waals surface area contributed by atoms with Crippen LogP contribution in [-0.4, -0.2) is 12.6 Å². The van der Waals surface area contributed by atoms with E-state index in [0.29, 0.717) is 6.04 Å². The maximum atomic E-state index is 5.45. The molecule has 12 heavy (non-hydrogen) atoms. The molecule has 0 saturated carbocycles. The van der Waals surface area contributed by atoms with Gasteiger partial charge in [0.05, 0.1) is 6.26 Å². The van der Waals surface area contributed by atoms with Crippen molar-refractivity contribution in [3.8, 4) is 0 Å². The summed E-state index contributed by atoms with van der Waals surface area (Å²) in [5, 5.41) is 3.44. The number of hydrogen-bond acceptors (Lipinski definition) is 2. The van der Waals surface area contributed by atoms with Crippen molar-refractivity contribution in [2.75, 3.05) is 6.54 Å². The minimum atomic E-state index is 0.198. The minimum absolute atomic E-state index is 0.198. The average Bonchev–Trinajstić information content (AvgIpc) is 2.62. The van der Waals surface area contributed by atoms with E-state index < -0.39 is 0 Å². The van der Waals surface area contributed by atoms with Gasteiger partial charge in [-0.15, -0.1) is 0 Å². The summed E-state index contributed by atoms with van der Waals surface area (Å²) < 4.78 is 5.45. The molecule has 0 bridgehead atoms. The average molecular weight is 165 g/mol. The summed E-state index contributed by atoms with van der Waals surface area (Å²) in [5.74, 6) is 1.11. The lowest BCUT2D eigenvalue weighted by molar-refractivity contribution is 0.336. The van der Waals surface area contributed by atoms with Gasteiger partial charge in [0.25, 0.3) is 0 Å². The Morgan fingerprint density at radius 1 is 1.67 bits per heavy atom. The Bertz CT molecular complexity index is 255. The second-order valence-electron chi connectivity index (χ2n) is 3.82. The fourth-order valence-corrected chi connectivity index (χ4v) is 1.93. The molecular weight excluding hydrogens is 150 g/mol. The molecule has 1 fully saturated rings. The number of nitrogens with one attached hydrogen (secondary N) is 1. The van der Waals surface area contributed by atoms with Crippen molar-refractivity contribution >= 4 is 0 Å². The molecule has 0 radical (unpaired) electrons. The van der Waals surface area contributed by atoms with Gasteiger partial charge in [0.2, 0.25) is 0 Å². The Hall–Kier alpha value is -0.760. The van der Waals surface area contributed by atoms with E-state index in [4.69, 9.17) is 4.42 Å². The fraction of sp³-hybridized carbons (Fsp3) is 0.600. The number of hydrogen-bond donors (Lipinski definition) is 1. The van der Waals surface area contributed by atoms with E-state index in [1.165, 1.54) is 6.42 Å². The number of rotatable bonds is 1. The van der Waals surface area contributed by atoms with Crippen molar-refractivity contribution in [3.63, 3.8) is 0 Å². The van der Waals surface area contributed by atoms with Crippen LogP contribution in [-0.2, 0) is 5.41 Å². The van der Waals surface area contributed by atoms with Crippen LogP contribution >= 0.6 is 0 Å². The second kappa shape index (κ2) is 2.63. The third kappa shape index (κ3) is 0.985. The van der Waals surface area contributed by atoms with Crippen molar-refractivity contribution in [1.82, 2.24) is 5.32 Å². The van der Waals surface area contributed by atoms with Crippen molar-refractivity contribution in [1.29, 1.82) is 0 Å². The summed E-state index contributed by atoms with van der Waals surface area (Å²) in [6, 6.07) is 4.55. The van der Waals surface area contributed by atoms with Crippen molar-refractivity contribution < 1.29 is 4.42 Å². The monoisotopic (exact) mass is 165 g/mol. The Labute approximate surface area is 73.0 Å². The molecule has 1 aromatic heterocycles. The quantitative estimate of drug-likeness (QED) is 0.687. The van der Waals surface area contributed by atoms with Crippen LogP contribution in [0.4, 0.5) is 0 Å². The van der Waals surface area contributed by atoms with E-state index in [9.17, 15) is 0 Å². The van der Waals surface area contributed by atoms with E-state index in [2.05, 4.69) is 25.2 Å². The van der Waals surface area contributed by atoms with Gasteiger partial charge in [-0.1, -0.05) is 6.92 Å². The van der Waals surface area contributed by atoms with Crippen molar-refractivity contribution in [3.05, 3.63) is 24.2 Å². The first kappa shape index (κ1) is 7.87. The molecule has 0 aliphatic carbocycles. The van der Waals surface area contributed by atoms with E-state index in [-0.39, 0.29) is 5.41 Å². The van der Waals surface area contributed by atoms with Gasteiger partial charge in [0, 0.05) is 11.5 Å². The van der Waals surface area contributed by atoms with Crippen molar-refractivity contribution in [2.45, 2.75) is 31.7 Å². The predicted octanol–water partition coefficient (Wildman–Crippen LogP) is 1.92. The van der Waals surface area contributed by atoms with Crippen LogP contribution in [0.15, 0.2) is 22.8 Å². The zero-order valence-corrected chi connectivity index (χ0v) is 7.63. The van der Waals surface area contributed by atoms with E-state index >= 15 is 0 Å². The highest BCUT2D eigenvalue weighted by Crippen LogP contribution is 2.34. The zero-order valence-electron chi connectivity index (χ0n) is 7.63. The molecule has 1 aliphatic rings. The molecule has 2 nitrogen and oxygen atoms in total. The predicted molar refractivity (Wildman–Crippen MR) is 48.1 cm³/mol. The maximum Gasteiger partial charge on any atom is 0.111 e. The van der Waals surface area contributed by atoms with Gasteiger partial charge in [0.1, 0.15) is 5.76 Å². The molecule has 2 heterocycles. The number of furan rings is 1. The minimum Gasteiger partial charge on any atom is -0.469 e. The molecule has 2 atom stereocenters. The highest BCUT2D eigenvalue weighted by Gasteiger charge is 2.39. The van der Waals surface area contributed by atoms with Gasteiger partial charge < -0.3 is 9.73 Å². The standard InChI is InChI=1S/C10H15NO/c1-8-10(2,5-6-11-8)9-4-3-7-12-9/h3-4,7-8,11H,5-6H2,1-2H3. The summed E-state index contributed by atoms with van der Waals surface area (Å²) in [6.45, 7) is 5.57. The smallest absolute Gasteiger partial charge is 0.111 e. The Morgan fingerprint density at radius 3 is 3.00 bits per heavy atom. The molecule has 0 spiro atoms. The molecule has 2 unspecified atom stereocenters. The third-order valence-electron chi connectivity index (χ3n) is 3.13. The second-order valence-corrected chi connectivity index (χ2v) is 3.82. The lowest BCUT2D eigenvalue weighted by Gasteiger charge is -2.25.